The molecule has 120 valence electrons. The maximum Gasteiger partial charge on any atom is 0.231 e. The minimum atomic E-state index is -0.273. The van der Waals surface area contributed by atoms with Gasteiger partial charge in [0.1, 0.15) is 5.82 Å². The van der Waals surface area contributed by atoms with Gasteiger partial charge in [0, 0.05) is 20.0 Å². The van der Waals surface area contributed by atoms with Gasteiger partial charge in [-0.15, -0.1) is 0 Å². The molecule has 0 aliphatic carbocycles. The minimum absolute atomic E-state index is 0.0481. The Kier molecular flexibility index (Phi) is 4.46. The van der Waals surface area contributed by atoms with Gasteiger partial charge in [-0.25, -0.2) is 4.39 Å². The fourth-order valence-corrected chi connectivity index (χ4v) is 2.49. The van der Waals surface area contributed by atoms with E-state index in [0.29, 0.717) is 19.4 Å². The van der Waals surface area contributed by atoms with Crippen LogP contribution in [0.4, 0.5) is 4.39 Å². The highest BCUT2D eigenvalue weighted by molar-refractivity contribution is 5.76. The van der Waals surface area contributed by atoms with Gasteiger partial charge in [-0.05, 0) is 41.8 Å². The Bertz CT molecular complexity index is 700. The van der Waals surface area contributed by atoms with Crippen molar-refractivity contribution in [3.8, 4) is 11.5 Å². The van der Waals surface area contributed by atoms with Crippen molar-refractivity contribution in [1.82, 2.24) is 4.90 Å². The van der Waals surface area contributed by atoms with Crippen molar-refractivity contribution in [3.05, 3.63) is 59.4 Å². The largest absolute Gasteiger partial charge is 0.454 e. The van der Waals surface area contributed by atoms with E-state index in [2.05, 4.69) is 0 Å². The number of aryl methyl sites for hydroxylation is 1. The molecule has 0 radical (unpaired) electrons. The Hall–Kier alpha value is -2.56. The average molecular weight is 315 g/mol. The van der Waals surface area contributed by atoms with Crippen molar-refractivity contribution < 1.29 is 18.7 Å². The van der Waals surface area contributed by atoms with Crippen LogP contribution in [0.25, 0.3) is 0 Å². The first-order valence-electron chi connectivity index (χ1n) is 7.49. The van der Waals surface area contributed by atoms with Crippen molar-refractivity contribution in [2.75, 3.05) is 13.8 Å². The second-order valence-electron chi connectivity index (χ2n) is 5.56. The predicted molar refractivity (Wildman–Crippen MR) is 83.8 cm³/mol. The zero-order valence-corrected chi connectivity index (χ0v) is 12.9. The van der Waals surface area contributed by atoms with E-state index in [4.69, 9.17) is 9.47 Å². The molecule has 1 aliphatic heterocycles. The third-order valence-electron chi connectivity index (χ3n) is 3.82. The molecular formula is C18H18FNO3. The normalized spacial score (nSPS) is 12.3. The molecule has 1 amide bonds. The molecule has 0 aromatic heterocycles. The average Bonchev–Trinajstić information content (AvgIpc) is 3.02. The topological polar surface area (TPSA) is 38.8 Å². The zero-order valence-electron chi connectivity index (χ0n) is 12.9. The summed E-state index contributed by atoms with van der Waals surface area (Å²) in [5, 5.41) is 0. The lowest BCUT2D eigenvalue weighted by atomic mass is 10.1. The highest BCUT2D eigenvalue weighted by Gasteiger charge is 2.14. The smallest absolute Gasteiger partial charge is 0.231 e. The number of carbonyl (C=O) groups is 1. The van der Waals surface area contributed by atoms with Gasteiger partial charge in [0.15, 0.2) is 11.5 Å². The summed E-state index contributed by atoms with van der Waals surface area (Å²) in [7, 11) is 1.76. The molecule has 0 saturated carbocycles. The number of nitrogens with zero attached hydrogens (tertiary/aromatic N) is 1. The molecule has 1 heterocycles. The molecule has 2 aromatic carbocycles. The number of hydrogen-bond acceptors (Lipinski definition) is 3. The minimum Gasteiger partial charge on any atom is -0.454 e. The van der Waals surface area contributed by atoms with Gasteiger partial charge >= 0.3 is 0 Å². The molecular weight excluding hydrogens is 297 g/mol. The summed E-state index contributed by atoms with van der Waals surface area (Å²) in [6.45, 7) is 0.721. The van der Waals surface area contributed by atoms with Crippen LogP contribution in [0.3, 0.4) is 0 Å². The van der Waals surface area contributed by atoms with E-state index in [0.717, 1.165) is 22.6 Å². The van der Waals surface area contributed by atoms with Crippen LogP contribution >= 0.6 is 0 Å². The molecule has 1 aliphatic rings. The number of hydrogen-bond donors (Lipinski definition) is 0. The van der Waals surface area contributed by atoms with Crippen LogP contribution < -0.4 is 9.47 Å². The highest BCUT2D eigenvalue weighted by atomic mass is 19.1. The first-order valence-corrected chi connectivity index (χ1v) is 7.49. The molecule has 0 saturated heterocycles. The van der Waals surface area contributed by atoms with E-state index in [1.54, 1.807) is 24.1 Å². The Morgan fingerprint density at radius 3 is 2.57 bits per heavy atom. The Morgan fingerprint density at radius 2 is 1.78 bits per heavy atom. The van der Waals surface area contributed by atoms with E-state index < -0.39 is 0 Å². The van der Waals surface area contributed by atoms with Crippen LogP contribution in [0.5, 0.6) is 11.5 Å². The molecule has 2 aromatic rings. The third-order valence-corrected chi connectivity index (χ3v) is 3.82. The van der Waals surface area contributed by atoms with Gasteiger partial charge in [0.2, 0.25) is 12.7 Å². The molecule has 0 atom stereocenters. The number of benzene rings is 2. The fraction of sp³-hybridized carbons (Fsp3) is 0.278. The molecule has 23 heavy (non-hydrogen) atoms. The lowest BCUT2D eigenvalue weighted by Crippen LogP contribution is -2.26. The van der Waals surface area contributed by atoms with Gasteiger partial charge in [-0.3, -0.25) is 4.79 Å². The monoisotopic (exact) mass is 315 g/mol. The van der Waals surface area contributed by atoms with Gasteiger partial charge in [-0.1, -0.05) is 18.2 Å². The van der Waals surface area contributed by atoms with E-state index in [1.165, 1.54) is 12.1 Å². The van der Waals surface area contributed by atoms with Crippen molar-refractivity contribution in [2.24, 2.45) is 0 Å². The maximum absolute atomic E-state index is 12.9. The number of ether oxygens (including phenoxy) is 2. The number of amides is 1. The first kappa shape index (κ1) is 15.3. The first-order chi connectivity index (χ1) is 11.1. The summed E-state index contributed by atoms with van der Waals surface area (Å²) in [6, 6.07) is 11.9. The van der Waals surface area contributed by atoms with Crippen LogP contribution in [0.1, 0.15) is 17.5 Å². The summed E-state index contributed by atoms with van der Waals surface area (Å²) >= 11 is 0. The summed E-state index contributed by atoms with van der Waals surface area (Å²) < 4.78 is 23.5. The standard InChI is InChI=1S/C18H18FNO3/c1-20(11-14-2-6-15(19)7-3-14)18(21)9-5-13-4-8-16-17(10-13)23-12-22-16/h2-4,6-8,10H,5,9,11-12H2,1H3. The number of halogens is 1. The molecule has 3 rings (SSSR count). The van der Waals surface area contributed by atoms with Crippen LogP contribution in [-0.2, 0) is 17.8 Å². The van der Waals surface area contributed by atoms with Gasteiger partial charge in [-0.2, -0.15) is 0 Å². The second-order valence-corrected chi connectivity index (χ2v) is 5.56. The maximum atomic E-state index is 12.9. The zero-order chi connectivity index (χ0) is 16.2. The molecule has 0 fully saturated rings. The van der Waals surface area contributed by atoms with Crippen molar-refractivity contribution in [2.45, 2.75) is 19.4 Å². The molecule has 0 spiro atoms. The van der Waals surface area contributed by atoms with Crippen LogP contribution in [0, 0.1) is 5.82 Å². The Balaban J connectivity index is 1.53. The molecule has 5 heteroatoms. The predicted octanol–water partition coefficient (Wildman–Crippen LogP) is 3.15. The third kappa shape index (κ3) is 3.80. The molecule has 0 N–H and O–H groups in total. The number of rotatable bonds is 5. The SMILES string of the molecule is CN(Cc1ccc(F)cc1)C(=O)CCc1ccc2c(c1)OCO2. The number of carbonyl (C=O) groups excluding carboxylic acids is 1. The quantitative estimate of drug-likeness (QED) is 0.851. The molecule has 4 nitrogen and oxygen atoms in total. The van der Waals surface area contributed by atoms with E-state index in [9.17, 15) is 9.18 Å². The Morgan fingerprint density at radius 1 is 1.09 bits per heavy atom. The highest BCUT2D eigenvalue weighted by Crippen LogP contribution is 2.32. The lowest BCUT2D eigenvalue weighted by Gasteiger charge is -2.17. The van der Waals surface area contributed by atoms with Crippen LogP contribution in [0.2, 0.25) is 0 Å². The summed E-state index contributed by atoms with van der Waals surface area (Å²) in [6.07, 6.45) is 1.06. The Labute approximate surface area is 134 Å². The number of fused-ring (bicyclic) bond motifs is 1. The second kappa shape index (κ2) is 6.69. The van der Waals surface area contributed by atoms with Crippen molar-refractivity contribution in [1.29, 1.82) is 0 Å². The van der Waals surface area contributed by atoms with Crippen LogP contribution in [0.15, 0.2) is 42.5 Å². The lowest BCUT2D eigenvalue weighted by molar-refractivity contribution is -0.130. The molecule has 0 unspecified atom stereocenters. The van der Waals surface area contributed by atoms with Crippen molar-refractivity contribution in [3.63, 3.8) is 0 Å². The summed E-state index contributed by atoms with van der Waals surface area (Å²) in [5.74, 6) is 1.25. The van der Waals surface area contributed by atoms with E-state index in [1.807, 2.05) is 18.2 Å². The molecule has 0 bridgehead atoms. The van der Waals surface area contributed by atoms with Crippen molar-refractivity contribution >= 4 is 5.91 Å². The van der Waals surface area contributed by atoms with Gasteiger partial charge < -0.3 is 14.4 Å². The fourth-order valence-electron chi connectivity index (χ4n) is 2.49. The van der Waals surface area contributed by atoms with Gasteiger partial charge in [0.05, 0.1) is 0 Å². The van der Waals surface area contributed by atoms with Crippen LogP contribution in [-0.4, -0.2) is 24.6 Å². The summed E-state index contributed by atoms with van der Waals surface area (Å²) in [5.41, 5.74) is 1.95. The van der Waals surface area contributed by atoms with E-state index in [-0.39, 0.29) is 18.5 Å². The summed E-state index contributed by atoms with van der Waals surface area (Å²) in [4.78, 5) is 13.9. The van der Waals surface area contributed by atoms with Gasteiger partial charge in [0.25, 0.3) is 0 Å². The van der Waals surface area contributed by atoms with E-state index >= 15 is 0 Å².